The van der Waals surface area contributed by atoms with Crippen molar-refractivity contribution in [1.29, 1.82) is 0 Å². The number of benzene rings is 4. The SMILES string of the molecule is CCOc1ccc(/C=C/c2ccc(-c3ccc(-c4ccc(C)cc4)c(F)c3F)cc2)c(F)c1. The van der Waals surface area contributed by atoms with Crippen LogP contribution < -0.4 is 4.74 Å². The highest BCUT2D eigenvalue weighted by Crippen LogP contribution is 2.32. The minimum Gasteiger partial charge on any atom is -0.494 e. The third-order valence-corrected chi connectivity index (χ3v) is 5.40. The molecule has 0 saturated carbocycles. The second-order valence-corrected chi connectivity index (χ2v) is 7.73. The van der Waals surface area contributed by atoms with E-state index in [2.05, 4.69) is 0 Å². The molecular formula is C29H23F3O. The second kappa shape index (κ2) is 9.78. The summed E-state index contributed by atoms with van der Waals surface area (Å²) >= 11 is 0. The zero-order valence-electron chi connectivity index (χ0n) is 18.4. The second-order valence-electron chi connectivity index (χ2n) is 7.73. The van der Waals surface area contributed by atoms with Crippen LogP contribution >= 0.6 is 0 Å². The maximum absolute atomic E-state index is 14.9. The molecule has 33 heavy (non-hydrogen) atoms. The fourth-order valence-electron chi connectivity index (χ4n) is 3.59. The van der Waals surface area contributed by atoms with E-state index in [1.54, 1.807) is 72.8 Å². The summed E-state index contributed by atoms with van der Waals surface area (Å²) in [6, 6.07) is 22.2. The zero-order valence-corrected chi connectivity index (χ0v) is 18.4. The van der Waals surface area contributed by atoms with Gasteiger partial charge < -0.3 is 4.74 Å². The Balaban J connectivity index is 1.55. The Labute approximate surface area is 191 Å². The number of rotatable bonds is 6. The van der Waals surface area contributed by atoms with Crippen LogP contribution in [0.1, 0.15) is 23.6 Å². The summed E-state index contributed by atoms with van der Waals surface area (Å²) in [6.07, 6.45) is 3.43. The zero-order chi connectivity index (χ0) is 23.4. The molecule has 0 aliphatic carbocycles. The van der Waals surface area contributed by atoms with E-state index in [9.17, 15) is 13.2 Å². The third kappa shape index (κ3) is 5.01. The lowest BCUT2D eigenvalue weighted by Crippen LogP contribution is -1.94. The molecule has 0 aliphatic rings. The average molecular weight is 444 g/mol. The normalized spacial score (nSPS) is 11.2. The van der Waals surface area contributed by atoms with E-state index in [0.29, 0.717) is 29.0 Å². The van der Waals surface area contributed by atoms with Crippen LogP contribution in [0, 0.1) is 24.4 Å². The predicted octanol–water partition coefficient (Wildman–Crippen LogP) is 8.32. The van der Waals surface area contributed by atoms with Gasteiger partial charge in [-0.25, -0.2) is 13.2 Å². The fraction of sp³-hybridized carbons (Fsp3) is 0.103. The van der Waals surface area contributed by atoms with E-state index in [1.165, 1.54) is 6.07 Å². The summed E-state index contributed by atoms with van der Waals surface area (Å²) in [4.78, 5) is 0. The van der Waals surface area contributed by atoms with Crippen LogP contribution in [0.15, 0.2) is 78.9 Å². The van der Waals surface area contributed by atoms with Gasteiger partial charge in [0.25, 0.3) is 0 Å². The molecule has 4 aromatic rings. The summed E-state index contributed by atoms with van der Waals surface area (Å²) in [7, 11) is 0. The van der Waals surface area contributed by atoms with Crippen LogP contribution in [0.3, 0.4) is 0 Å². The Hall–Kier alpha value is -3.79. The Morgan fingerprint density at radius 2 is 1.27 bits per heavy atom. The Bertz CT molecular complexity index is 1290. The molecule has 0 saturated heterocycles. The lowest BCUT2D eigenvalue weighted by atomic mass is 9.97. The number of hydrogen-bond donors (Lipinski definition) is 0. The Morgan fingerprint density at radius 1 is 0.697 bits per heavy atom. The van der Waals surface area contributed by atoms with Gasteiger partial charge in [0, 0.05) is 22.8 Å². The monoisotopic (exact) mass is 444 g/mol. The molecule has 0 fully saturated rings. The molecular weight excluding hydrogens is 421 g/mol. The van der Waals surface area contributed by atoms with E-state index >= 15 is 0 Å². The van der Waals surface area contributed by atoms with Gasteiger partial charge in [-0.1, -0.05) is 78.4 Å². The summed E-state index contributed by atoms with van der Waals surface area (Å²) < 4.78 is 49.2. The van der Waals surface area contributed by atoms with Crippen LogP contribution in [0.5, 0.6) is 5.75 Å². The van der Waals surface area contributed by atoms with Gasteiger partial charge in [-0.15, -0.1) is 0 Å². The number of hydrogen-bond acceptors (Lipinski definition) is 1. The molecule has 166 valence electrons. The summed E-state index contributed by atoms with van der Waals surface area (Å²) in [6.45, 7) is 4.26. The minimum atomic E-state index is -0.882. The van der Waals surface area contributed by atoms with Gasteiger partial charge in [-0.05, 0) is 42.7 Å². The molecule has 0 aliphatic heterocycles. The fourth-order valence-corrected chi connectivity index (χ4v) is 3.59. The van der Waals surface area contributed by atoms with Crippen molar-refractivity contribution in [1.82, 2.24) is 0 Å². The summed E-state index contributed by atoms with van der Waals surface area (Å²) in [5, 5.41) is 0. The molecule has 0 radical (unpaired) electrons. The van der Waals surface area contributed by atoms with Crippen molar-refractivity contribution >= 4 is 12.2 Å². The molecule has 0 aromatic heterocycles. The molecule has 0 bridgehead atoms. The lowest BCUT2D eigenvalue weighted by Gasteiger charge is -2.10. The van der Waals surface area contributed by atoms with Gasteiger partial charge in [0.2, 0.25) is 0 Å². The van der Waals surface area contributed by atoms with Crippen molar-refractivity contribution in [3.05, 3.63) is 113 Å². The minimum absolute atomic E-state index is 0.191. The Morgan fingerprint density at radius 3 is 1.82 bits per heavy atom. The van der Waals surface area contributed by atoms with E-state index in [1.807, 2.05) is 26.0 Å². The molecule has 4 aromatic carbocycles. The molecule has 0 atom stereocenters. The van der Waals surface area contributed by atoms with Gasteiger partial charge in [0.05, 0.1) is 6.61 Å². The molecule has 4 heteroatoms. The first-order valence-corrected chi connectivity index (χ1v) is 10.7. The van der Waals surface area contributed by atoms with Crippen LogP contribution in [0.4, 0.5) is 13.2 Å². The van der Waals surface area contributed by atoms with E-state index in [4.69, 9.17) is 4.74 Å². The first-order chi connectivity index (χ1) is 16.0. The van der Waals surface area contributed by atoms with E-state index in [-0.39, 0.29) is 16.9 Å². The summed E-state index contributed by atoms with van der Waals surface area (Å²) in [5.74, 6) is -1.64. The molecule has 1 nitrogen and oxygen atoms in total. The van der Waals surface area contributed by atoms with Gasteiger partial charge in [-0.3, -0.25) is 0 Å². The van der Waals surface area contributed by atoms with Crippen LogP contribution in [0.2, 0.25) is 0 Å². The van der Waals surface area contributed by atoms with E-state index < -0.39 is 11.6 Å². The first kappa shape index (κ1) is 22.4. The third-order valence-electron chi connectivity index (χ3n) is 5.40. The first-order valence-electron chi connectivity index (χ1n) is 10.7. The highest BCUT2D eigenvalue weighted by atomic mass is 19.2. The molecule has 0 N–H and O–H groups in total. The van der Waals surface area contributed by atoms with Gasteiger partial charge >= 0.3 is 0 Å². The highest BCUT2D eigenvalue weighted by Gasteiger charge is 2.15. The molecule has 0 amide bonds. The maximum Gasteiger partial charge on any atom is 0.167 e. The van der Waals surface area contributed by atoms with Crippen molar-refractivity contribution in [2.24, 2.45) is 0 Å². The van der Waals surface area contributed by atoms with Crippen molar-refractivity contribution in [2.75, 3.05) is 6.61 Å². The maximum atomic E-state index is 14.9. The average Bonchev–Trinajstić information content (AvgIpc) is 2.82. The lowest BCUT2D eigenvalue weighted by molar-refractivity contribution is 0.338. The van der Waals surface area contributed by atoms with Crippen molar-refractivity contribution in [2.45, 2.75) is 13.8 Å². The topological polar surface area (TPSA) is 9.23 Å². The van der Waals surface area contributed by atoms with Gasteiger partial charge in [0.1, 0.15) is 11.6 Å². The smallest absolute Gasteiger partial charge is 0.167 e. The predicted molar refractivity (Wildman–Crippen MR) is 128 cm³/mol. The number of halogens is 3. The van der Waals surface area contributed by atoms with Gasteiger partial charge in [0.15, 0.2) is 11.6 Å². The van der Waals surface area contributed by atoms with Gasteiger partial charge in [-0.2, -0.15) is 0 Å². The number of aryl methyl sites for hydroxylation is 1. The Kier molecular flexibility index (Phi) is 6.64. The van der Waals surface area contributed by atoms with E-state index in [0.717, 1.165) is 11.1 Å². The largest absolute Gasteiger partial charge is 0.494 e. The van der Waals surface area contributed by atoms with Crippen molar-refractivity contribution in [3.63, 3.8) is 0 Å². The molecule has 4 rings (SSSR count). The molecule has 0 unspecified atom stereocenters. The van der Waals surface area contributed by atoms with Crippen molar-refractivity contribution < 1.29 is 17.9 Å². The quantitative estimate of drug-likeness (QED) is 0.272. The van der Waals surface area contributed by atoms with Crippen molar-refractivity contribution in [3.8, 4) is 28.0 Å². The standard InChI is InChI=1S/C29H23F3O/c1-3-33-24-15-14-23(27(30)18-24)13-8-20-6-11-22(12-7-20)26-17-16-25(28(31)29(26)32)21-9-4-19(2)5-10-21/h4-18H,3H2,1-2H3/b13-8+. The summed E-state index contributed by atoms with van der Waals surface area (Å²) in [5.41, 5.74) is 3.91. The van der Waals surface area contributed by atoms with Crippen LogP contribution in [-0.2, 0) is 0 Å². The number of ether oxygens (including phenoxy) is 1. The van der Waals surface area contributed by atoms with Crippen LogP contribution in [0.25, 0.3) is 34.4 Å². The molecule has 0 heterocycles. The van der Waals surface area contributed by atoms with Crippen LogP contribution in [-0.4, -0.2) is 6.61 Å². The molecule has 0 spiro atoms. The highest BCUT2D eigenvalue weighted by molar-refractivity contribution is 5.75.